The molecule has 0 saturated carbocycles. The van der Waals surface area contributed by atoms with Crippen LogP contribution in [0.4, 0.5) is 0 Å². The Balaban J connectivity index is 1.89. The Morgan fingerprint density at radius 1 is 1.56 bits per heavy atom. The monoisotopic (exact) mass is 244 g/mol. The Hall–Kier alpha value is -0.260. The van der Waals surface area contributed by atoms with E-state index in [1.165, 1.54) is 0 Å². The number of nitrogens with one attached hydrogen (secondary N) is 1. The van der Waals surface area contributed by atoms with E-state index in [1.54, 1.807) is 0 Å². The molecule has 0 bridgehead atoms. The Morgan fingerprint density at radius 3 is 2.88 bits per heavy atom. The summed E-state index contributed by atoms with van der Waals surface area (Å²) in [4.78, 5) is 14.1. The minimum Gasteiger partial charge on any atom is -0.465 e. The van der Waals surface area contributed by atoms with Crippen LogP contribution in [0.25, 0.3) is 0 Å². The van der Waals surface area contributed by atoms with Gasteiger partial charge in [0.15, 0.2) is 0 Å². The van der Waals surface area contributed by atoms with Crippen LogP contribution in [0.15, 0.2) is 0 Å². The molecule has 0 aliphatic carbocycles. The molecule has 0 unspecified atom stereocenters. The van der Waals surface area contributed by atoms with Gasteiger partial charge in [-0.1, -0.05) is 0 Å². The molecule has 16 heavy (non-hydrogen) atoms. The number of hydrogen-bond donors (Lipinski definition) is 1. The van der Waals surface area contributed by atoms with Gasteiger partial charge < -0.3 is 9.64 Å². The molecule has 2 aliphatic rings. The number of carbonyl (C=O) groups is 1. The number of esters is 1. The van der Waals surface area contributed by atoms with Crippen molar-refractivity contribution >= 4 is 17.7 Å². The van der Waals surface area contributed by atoms with Crippen LogP contribution in [-0.2, 0) is 9.53 Å². The molecule has 5 heteroatoms. The zero-order valence-corrected chi connectivity index (χ0v) is 10.8. The quantitative estimate of drug-likeness (QED) is 0.723. The highest BCUT2D eigenvalue weighted by atomic mass is 32.2. The van der Waals surface area contributed by atoms with Crippen molar-refractivity contribution in [3.8, 4) is 0 Å². The van der Waals surface area contributed by atoms with E-state index in [2.05, 4.69) is 17.3 Å². The summed E-state index contributed by atoms with van der Waals surface area (Å²) in [6.07, 6.45) is 2.23. The number of ether oxygens (including phenoxy) is 1. The van der Waals surface area contributed by atoms with Crippen molar-refractivity contribution in [3.63, 3.8) is 0 Å². The molecule has 2 heterocycles. The zero-order chi connectivity index (χ0) is 11.6. The second-order valence-electron chi connectivity index (χ2n) is 4.56. The largest absolute Gasteiger partial charge is 0.465 e. The molecular formula is C11H20N2O2S. The normalized spacial score (nSPS) is 29.5. The summed E-state index contributed by atoms with van der Waals surface area (Å²) in [6, 6.07) is -0.103. The van der Waals surface area contributed by atoms with Gasteiger partial charge in [0, 0.05) is 18.8 Å². The lowest BCUT2D eigenvalue weighted by Crippen LogP contribution is -2.51. The number of rotatable bonds is 2. The first-order valence-electron chi connectivity index (χ1n) is 5.92. The van der Waals surface area contributed by atoms with Crippen molar-refractivity contribution in [3.05, 3.63) is 0 Å². The molecule has 1 N–H and O–H groups in total. The number of likely N-dealkylation sites (tertiary alicyclic amines) is 1. The molecule has 2 saturated heterocycles. The van der Waals surface area contributed by atoms with Gasteiger partial charge in [-0.05, 0) is 26.8 Å². The highest BCUT2D eigenvalue weighted by molar-refractivity contribution is 8.01. The van der Waals surface area contributed by atoms with Gasteiger partial charge in [-0.15, -0.1) is 11.8 Å². The zero-order valence-electron chi connectivity index (χ0n) is 9.99. The van der Waals surface area contributed by atoms with E-state index >= 15 is 0 Å². The molecule has 0 aromatic heterocycles. The van der Waals surface area contributed by atoms with Crippen LogP contribution >= 0.6 is 11.8 Å². The van der Waals surface area contributed by atoms with E-state index in [0.717, 1.165) is 31.7 Å². The third-order valence-electron chi connectivity index (χ3n) is 3.33. The molecule has 0 aromatic carbocycles. The first-order valence-corrected chi connectivity index (χ1v) is 6.90. The van der Waals surface area contributed by atoms with Crippen molar-refractivity contribution in [1.82, 2.24) is 10.2 Å². The summed E-state index contributed by atoms with van der Waals surface area (Å²) in [5.74, 6) is 0.758. The van der Waals surface area contributed by atoms with Crippen molar-refractivity contribution in [2.45, 2.75) is 30.7 Å². The highest BCUT2D eigenvalue weighted by Gasteiger charge is 2.43. The average molecular weight is 244 g/mol. The average Bonchev–Trinajstić information content (AvgIpc) is 2.68. The third kappa shape index (κ3) is 2.52. The molecule has 0 radical (unpaired) electrons. The Bertz CT molecular complexity index is 265. The second kappa shape index (κ2) is 4.94. The van der Waals surface area contributed by atoms with Crippen LogP contribution < -0.4 is 5.32 Å². The molecule has 0 amide bonds. The van der Waals surface area contributed by atoms with Gasteiger partial charge in [0.25, 0.3) is 0 Å². The molecule has 2 aliphatic heterocycles. The van der Waals surface area contributed by atoms with Gasteiger partial charge in [-0.25, -0.2) is 0 Å². The SMILES string of the molecule is CCOC(=O)[C@@H]1CSC2(CCN(C)CC2)N1. The maximum Gasteiger partial charge on any atom is 0.324 e. The minimum absolute atomic E-state index is 0.0918. The molecule has 2 rings (SSSR count). The fourth-order valence-electron chi connectivity index (χ4n) is 2.28. The van der Waals surface area contributed by atoms with Gasteiger partial charge in [0.1, 0.15) is 6.04 Å². The summed E-state index contributed by atoms with van der Waals surface area (Å²) in [6.45, 7) is 4.54. The summed E-state index contributed by atoms with van der Waals surface area (Å²) in [5.41, 5.74) is 0. The Morgan fingerprint density at radius 2 is 2.25 bits per heavy atom. The maximum absolute atomic E-state index is 11.6. The van der Waals surface area contributed by atoms with Crippen LogP contribution in [0, 0.1) is 0 Å². The molecular weight excluding hydrogens is 224 g/mol. The molecule has 4 nitrogen and oxygen atoms in total. The number of nitrogens with zero attached hydrogens (tertiary/aromatic N) is 1. The Kier molecular flexibility index (Phi) is 3.77. The lowest BCUT2D eigenvalue weighted by molar-refractivity contribution is -0.145. The third-order valence-corrected chi connectivity index (χ3v) is 4.91. The molecule has 1 atom stereocenters. The van der Waals surface area contributed by atoms with E-state index in [9.17, 15) is 4.79 Å². The molecule has 1 spiro atoms. The van der Waals surface area contributed by atoms with E-state index in [-0.39, 0.29) is 16.9 Å². The number of carbonyl (C=O) groups excluding carboxylic acids is 1. The van der Waals surface area contributed by atoms with Crippen molar-refractivity contribution < 1.29 is 9.53 Å². The van der Waals surface area contributed by atoms with Crippen LogP contribution in [-0.4, -0.2) is 54.3 Å². The van der Waals surface area contributed by atoms with E-state index < -0.39 is 0 Å². The van der Waals surface area contributed by atoms with Gasteiger partial charge >= 0.3 is 5.97 Å². The molecule has 92 valence electrons. The van der Waals surface area contributed by atoms with Crippen molar-refractivity contribution in [2.75, 3.05) is 32.5 Å². The minimum atomic E-state index is -0.103. The van der Waals surface area contributed by atoms with Crippen molar-refractivity contribution in [1.29, 1.82) is 0 Å². The first-order chi connectivity index (χ1) is 7.65. The predicted octanol–water partition coefficient (Wildman–Crippen LogP) is 0.676. The van der Waals surface area contributed by atoms with Gasteiger partial charge in [0.05, 0.1) is 11.5 Å². The number of piperidine rings is 1. The summed E-state index contributed by atoms with van der Waals surface area (Å²) < 4.78 is 5.06. The van der Waals surface area contributed by atoms with E-state index in [0.29, 0.717) is 6.61 Å². The fraction of sp³-hybridized carbons (Fsp3) is 0.909. The topological polar surface area (TPSA) is 41.6 Å². The summed E-state index contributed by atoms with van der Waals surface area (Å²) >= 11 is 1.89. The highest BCUT2D eigenvalue weighted by Crippen LogP contribution is 2.38. The summed E-state index contributed by atoms with van der Waals surface area (Å²) in [5, 5.41) is 3.47. The number of hydrogen-bond acceptors (Lipinski definition) is 5. The standard InChI is InChI=1S/C11H20N2O2S/c1-3-15-10(14)9-8-16-11(12-9)4-6-13(2)7-5-11/h9,12H,3-8H2,1-2H3/t9-/m0/s1. The predicted molar refractivity (Wildman–Crippen MR) is 65.5 cm³/mol. The second-order valence-corrected chi connectivity index (χ2v) is 5.96. The molecule has 0 aromatic rings. The van der Waals surface area contributed by atoms with Crippen LogP contribution in [0.3, 0.4) is 0 Å². The number of thioether (sulfide) groups is 1. The maximum atomic E-state index is 11.6. The van der Waals surface area contributed by atoms with E-state index in [4.69, 9.17) is 4.74 Å². The van der Waals surface area contributed by atoms with Gasteiger partial charge in [-0.2, -0.15) is 0 Å². The van der Waals surface area contributed by atoms with Gasteiger partial charge in [0.2, 0.25) is 0 Å². The van der Waals surface area contributed by atoms with Gasteiger partial charge in [-0.3, -0.25) is 10.1 Å². The molecule has 2 fully saturated rings. The summed E-state index contributed by atoms with van der Waals surface area (Å²) in [7, 11) is 2.15. The first kappa shape index (κ1) is 12.2. The lowest BCUT2D eigenvalue weighted by Gasteiger charge is -2.37. The lowest BCUT2D eigenvalue weighted by atomic mass is 10.0. The fourth-order valence-corrected chi connectivity index (χ4v) is 3.68. The van der Waals surface area contributed by atoms with Crippen molar-refractivity contribution in [2.24, 2.45) is 0 Å². The Labute approximate surface area is 101 Å². The van der Waals surface area contributed by atoms with Crippen LogP contribution in [0.5, 0.6) is 0 Å². The van der Waals surface area contributed by atoms with E-state index in [1.807, 2.05) is 18.7 Å². The van der Waals surface area contributed by atoms with Crippen LogP contribution in [0.2, 0.25) is 0 Å². The smallest absolute Gasteiger partial charge is 0.324 e. The van der Waals surface area contributed by atoms with Crippen LogP contribution in [0.1, 0.15) is 19.8 Å².